The molecule has 1 aliphatic heterocycles. The first-order chi connectivity index (χ1) is 10.3. The molecule has 116 valence electrons. The fraction of sp³-hybridized carbons (Fsp3) is 0.769. The quantitative estimate of drug-likeness (QED) is 0.589. The predicted octanol–water partition coefficient (Wildman–Crippen LogP) is 0.230. The summed E-state index contributed by atoms with van der Waals surface area (Å²) in [7, 11) is 2.02. The third kappa shape index (κ3) is 3.33. The van der Waals surface area contributed by atoms with Gasteiger partial charge in [-0.05, 0) is 18.8 Å². The van der Waals surface area contributed by atoms with Crippen LogP contribution in [0.4, 0.5) is 17.8 Å². The Kier molecular flexibility index (Phi) is 4.35. The van der Waals surface area contributed by atoms with Crippen molar-refractivity contribution in [2.45, 2.75) is 19.3 Å². The van der Waals surface area contributed by atoms with Crippen molar-refractivity contribution >= 4 is 17.8 Å². The summed E-state index contributed by atoms with van der Waals surface area (Å²) in [6.07, 6.45) is 3.94. The lowest BCUT2D eigenvalue weighted by molar-refractivity contribution is 0.122. The molecule has 1 aliphatic carbocycles. The van der Waals surface area contributed by atoms with Crippen LogP contribution in [-0.2, 0) is 4.74 Å². The molecule has 1 aromatic heterocycles. The maximum atomic E-state index is 5.49. The number of hydrazine groups is 1. The maximum absolute atomic E-state index is 5.49. The van der Waals surface area contributed by atoms with E-state index in [4.69, 9.17) is 10.6 Å². The number of nitrogen functional groups attached to an aromatic ring is 1. The molecule has 1 saturated carbocycles. The number of rotatable bonds is 5. The van der Waals surface area contributed by atoms with Gasteiger partial charge in [-0.25, -0.2) is 5.84 Å². The summed E-state index contributed by atoms with van der Waals surface area (Å²) in [6, 6.07) is 0. The minimum absolute atomic E-state index is 0.405. The lowest BCUT2D eigenvalue weighted by atomic mass is 9.85. The van der Waals surface area contributed by atoms with Gasteiger partial charge in [0.1, 0.15) is 0 Å². The standard InChI is InChI=1S/C13H23N7O/c1-19(9-10-3-2-4-10)12-15-11(18-14)16-13(17-12)20-5-7-21-8-6-20/h10H,2-9,14H2,1H3,(H,15,16,17,18). The van der Waals surface area contributed by atoms with Gasteiger partial charge in [0.2, 0.25) is 17.8 Å². The highest BCUT2D eigenvalue weighted by Crippen LogP contribution is 2.28. The number of morpholine rings is 1. The lowest BCUT2D eigenvalue weighted by Gasteiger charge is -2.31. The van der Waals surface area contributed by atoms with Crippen molar-refractivity contribution in [1.29, 1.82) is 0 Å². The Morgan fingerprint density at radius 1 is 1.29 bits per heavy atom. The first kappa shape index (κ1) is 14.3. The number of nitrogens with one attached hydrogen (secondary N) is 1. The van der Waals surface area contributed by atoms with Gasteiger partial charge in [0.05, 0.1) is 13.2 Å². The van der Waals surface area contributed by atoms with Gasteiger partial charge in [-0.1, -0.05) is 6.42 Å². The van der Waals surface area contributed by atoms with Gasteiger partial charge >= 0.3 is 0 Å². The smallest absolute Gasteiger partial charge is 0.243 e. The predicted molar refractivity (Wildman–Crippen MR) is 81.3 cm³/mol. The molecule has 0 radical (unpaired) electrons. The van der Waals surface area contributed by atoms with E-state index >= 15 is 0 Å². The monoisotopic (exact) mass is 293 g/mol. The van der Waals surface area contributed by atoms with Gasteiger partial charge in [0.25, 0.3) is 0 Å². The molecule has 8 nitrogen and oxygen atoms in total. The molecule has 2 fully saturated rings. The summed E-state index contributed by atoms with van der Waals surface area (Å²) in [4.78, 5) is 17.5. The van der Waals surface area contributed by atoms with E-state index < -0.39 is 0 Å². The Bertz CT molecular complexity index is 474. The first-order valence-corrected chi connectivity index (χ1v) is 7.53. The van der Waals surface area contributed by atoms with E-state index in [1.807, 2.05) is 7.05 Å². The number of hydrogen-bond acceptors (Lipinski definition) is 8. The van der Waals surface area contributed by atoms with Crippen LogP contribution in [0.2, 0.25) is 0 Å². The van der Waals surface area contributed by atoms with Gasteiger partial charge < -0.3 is 14.5 Å². The van der Waals surface area contributed by atoms with E-state index in [2.05, 4.69) is 30.2 Å². The summed E-state index contributed by atoms with van der Waals surface area (Å²) in [5.74, 6) is 7.99. The van der Waals surface area contributed by atoms with E-state index in [1.54, 1.807) is 0 Å². The summed E-state index contributed by atoms with van der Waals surface area (Å²) in [5.41, 5.74) is 2.54. The molecule has 3 rings (SSSR count). The maximum Gasteiger partial charge on any atom is 0.243 e. The number of ether oxygens (including phenoxy) is 1. The highest BCUT2D eigenvalue weighted by molar-refractivity contribution is 5.44. The second-order valence-corrected chi connectivity index (χ2v) is 5.68. The SMILES string of the molecule is CN(CC1CCC1)c1nc(NN)nc(N2CCOCC2)n1. The van der Waals surface area contributed by atoms with Crippen LogP contribution in [0.1, 0.15) is 19.3 Å². The number of nitrogens with two attached hydrogens (primary N) is 1. The fourth-order valence-electron chi connectivity index (χ4n) is 2.64. The van der Waals surface area contributed by atoms with Gasteiger partial charge in [0, 0.05) is 26.7 Å². The zero-order valence-corrected chi connectivity index (χ0v) is 12.5. The normalized spacial score (nSPS) is 19.2. The van der Waals surface area contributed by atoms with Crippen molar-refractivity contribution in [1.82, 2.24) is 15.0 Å². The van der Waals surface area contributed by atoms with Crippen LogP contribution < -0.4 is 21.1 Å². The Morgan fingerprint density at radius 2 is 2.05 bits per heavy atom. The zero-order chi connectivity index (χ0) is 14.7. The molecule has 21 heavy (non-hydrogen) atoms. The second-order valence-electron chi connectivity index (χ2n) is 5.68. The molecule has 2 heterocycles. The molecule has 2 aliphatic rings. The molecule has 1 saturated heterocycles. The van der Waals surface area contributed by atoms with E-state index in [1.165, 1.54) is 19.3 Å². The Hall–Kier alpha value is -1.67. The first-order valence-electron chi connectivity index (χ1n) is 7.53. The van der Waals surface area contributed by atoms with Crippen molar-refractivity contribution in [3.8, 4) is 0 Å². The molecule has 1 aromatic rings. The highest BCUT2D eigenvalue weighted by Gasteiger charge is 2.22. The zero-order valence-electron chi connectivity index (χ0n) is 12.5. The Morgan fingerprint density at radius 3 is 2.67 bits per heavy atom. The molecule has 0 spiro atoms. The van der Waals surface area contributed by atoms with Crippen LogP contribution in [0, 0.1) is 5.92 Å². The van der Waals surface area contributed by atoms with Crippen LogP contribution >= 0.6 is 0 Å². The van der Waals surface area contributed by atoms with Crippen LogP contribution in [0.3, 0.4) is 0 Å². The largest absolute Gasteiger partial charge is 0.378 e. The number of aromatic nitrogens is 3. The average Bonchev–Trinajstić information content (AvgIpc) is 2.51. The average molecular weight is 293 g/mol. The number of hydrogen-bond donors (Lipinski definition) is 2. The van der Waals surface area contributed by atoms with Gasteiger partial charge in [-0.15, -0.1) is 0 Å². The highest BCUT2D eigenvalue weighted by atomic mass is 16.5. The molecular weight excluding hydrogens is 270 g/mol. The molecule has 0 unspecified atom stereocenters. The van der Waals surface area contributed by atoms with Crippen LogP contribution in [-0.4, -0.2) is 54.8 Å². The molecule has 3 N–H and O–H groups in total. The van der Waals surface area contributed by atoms with Crippen LogP contribution in [0.25, 0.3) is 0 Å². The van der Waals surface area contributed by atoms with Crippen molar-refractivity contribution in [2.75, 3.05) is 55.1 Å². The Labute approximate surface area is 124 Å². The van der Waals surface area contributed by atoms with Crippen molar-refractivity contribution in [2.24, 2.45) is 11.8 Å². The topological polar surface area (TPSA) is 92.4 Å². The molecular formula is C13H23N7O. The van der Waals surface area contributed by atoms with Crippen molar-refractivity contribution in [3.63, 3.8) is 0 Å². The van der Waals surface area contributed by atoms with Gasteiger partial charge in [-0.3, -0.25) is 5.43 Å². The van der Waals surface area contributed by atoms with Gasteiger partial charge in [-0.2, -0.15) is 15.0 Å². The number of nitrogens with zero attached hydrogens (tertiary/aromatic N) is 5. The van der Waals surface area contributed by atoms with E-state index in [-0.39, 0.29) is 0 Å². The minimum Gasteiger partial charge on any atom is -0.378 e. The van der Waals surface area contributed by atoms with Crippen molar-refractivity contribution in [3.05, 3.63) is 0 Å². The fourth-order valence-corrected chi connectivity index (χ4v) is 2.64. The lowest BCUT2D eigenvalue weighted by Crippen LogP contribution is -2.38. The molecule has 0 bridgehead atoms. The summed E-state index contributed by atoms with van der Waals surface area (Å²) >= 11 is 0. The van der Waals surface area contributed by atoms with Crippen LogP contribution in [0.5, 0.6) is 0 Å². The van der Waals surface area contributed by atoms with E-state index in [0.717, 1.165) is 25.6 Å². The molecule has 0 aromatic carbocycles. The van der Waals surface area contributed by atoms with E-state index in [9.17, 15) is 0 Å². The van der Waals surface area contributed by atoms with E-state index in [0.29, 0.717) is 31.1 Å². The minimum atomic E-state index is 0.405. The molecule has 8 heteroatoms. The third-order valence-electron chi connectivity index (χ3n) is 4.13. The third-order valence-corrected chi connectivity index (χ3v) is 4.13. The Balaban J connectivity index is 1.77. The van der Waals surface area contributed by atoms with Crippen LogP contribution in [0.15, 0.2) is 0 Å². The summed E-state index contributed by atoms with van der Waals surface area (Å²) in [5, 5.41) is 0. The van der Waals surface area contributed by atoms with Crippen molar-refractivity contribution < 1.29 is 4.74 Å². The second kappa shape index (κ2) is 6.40. The van der Waals surface area contributed by atoms with Gasteiger partial charge in [0.15, 0.2) is 0 Å². The molecule has 0 atom stereocenters. The number of anilines is 3. The molecule has 0 amide bonds. The summed E-state index contributed by atoms with van der Waals surface area (Å²) < 4.78 is 5.37. The summed E-state index contributed by atoms with van der Waals surface area (Å²) in [6.45, 7) is 3.96.